The molecule has 0 nitrogen and oxygen atoms in total. The molecule has 0 unspecified atom stereocenters. The van der Waals surface area contributed by atoms with Gasteiger partial charge in [0.25, 0.3) is 5.92 Å². The van der Waals surface area contributed by atoms with Crippen molar-refractivity contribution in [2.24, 2.45) is 5.92 Å². The van der Waals surface area contributed by atoms with Crippen molar-refractivity contribution in [3.8, 4) is 0 Å². The summed E-state index contributed by atoms with van der Waals surface area (Å²) in [5.74, 6) is -10.4. The Kier molecular flexibility index (Phi) is 8.09. The summed E-state index contributed by atoms with van der Waals surface area (Å²) < 4.78 is 93.2. The van der Waals surface area contributed by atoms with Crippen molar-refractivity contribution in [2.75, 3.05) is 0 Å². The first-order valence-electron chi connectivity index (χ1n) is 9.80. The van der Waals surface area contributed by atoms with Gasteiger partial charge in [-0.1, -0.05) is 24.6 Å². The van der Waals surface area contributed by atoms with Crippen molar-refractivity contribution in [2.45, 2.75) is 46.0 Å². The molecule has 1 saturated carbocycles. The van der Waals surface area contributed by atoms with Crippen LogP contribution in [0.25, 0.3) is 5.57 Å². The molecule has 0 aromatic heterocycles. The lowest BCUT2D eigenvalue weighted by molar-refractivity contribution is -0.0992. The number of rotatable bonds is 4. The minimum absolute atomic E-state index is 0.263. The highest BCUT2D eigenvalue weighted by atomic mass is 19.3. The normalized spacial score (nSPS) is 15.0. The van der Waals surface area contributed by atoms with Gasteiger partial charge in [-0.05, 0) is 74.6 Å². The number of allylic oxidation sites excluding steroid dienone is 4. The van der Waals surface area contributed by atoms with Crippen LogP contribution in [0.5, 0.6) is 0 Å². The fourth-order valence-electron chi connectivity index (χ4n) is 3.25. The first kappa shape index (κ1) is 24.7. The summed E-state index contributed by atoms with van der Waals surface area (Å²) in [7, 11) is 0. The molecule has 0 spiro atoms. The van der Waals surface area contributed by atoms with Crippen molar-refractivity contribution in [1.82, 2.24) is 0 Å². The first-order chi connectivity index (χ1) is 14.5. The molecule has 0 N–H and O–H groups in total. The van der Waals surface area contributed by atoms with Crippen molar-refractivity contribution in [1.29, 1.82) is 0 Å². The molecule has 0 heterocycles. The number of hydrogen-bond donors (Lipinski definition) is 0. The van der Waals surface area contributed by atoms with Crippen LogP contribution in [-0.2, 0) is 5.92 Å². The van der Waals surface area contributed by atoms with Crippen LogP contribution in [-0.4, -0.2) is 0 Å². The lowest BCUT2D eigenvalue weighted by Gasteiger charge is -2.34. The van der Waals surface area contributed by atoms with Gasteiger partial charge in [-0.15, -0.1) is 0 Å². The second-order valence-corrected chi connectivity index (χ2v) is 7.35. The van der Waals surface area contributed by atoms with Gasteiger partial charge in [0.2, 0.25) is 0 Å². The fraction of sp³-hybridized carbons (Fsp3) is 0.333. The molecule has 7 heteroatoms. The molecule has 2 aromatic rings. The molecule has 1 aliphatic rings. The van der Waals surface area contributed by atoms with E-state index in [1.807, 2.05) is 0 Å². The summed E-state index contributed by atoms with van der Waals surface area (Å²) in [6, 6.07) is 3.86. The van der Waals surface area contributed by atoms with E-state index in [-0.39, 0.29) is 5.56 Å². The SMILES string of the molecule is C/C=C\C(=C/C)c1cc(F)c(C(F)(F)C2CCC2)c(F)c1.Cc1cc(F)c(F)c(F)c1. The Morgan fingerprint density at radius 3 is 1.77 bits per heavy atom. The molecule has 31 heavy (non-hydrogen) atoms. The zero-order chi connectivity index (χ0) is 23.3. The van der Waals surface area contributed by atoms with Crippen LogP contribution in [0, 0.1) is 41.9 Å². The molecule has 168 valence electrons. The van der Waals surface area contributed by atoms with E-state index in [0.717, 1.165) is 24.3 Å². The van der Waals surface area contributed by atoms with E-state index in [1.54, 1.807) is 32.1 Å². The van der Waals surface area contributed by atoms with Crippen molar-refractivity contribution in [3.63, 3.8) is 0 Å². The number of hydrogen-bond acceptors (Lipinski definition) is 0. The van der Waals surface area contributed by atoms with Crippen molar-refractivity contribution < 1.29 is 30.7 Å². The van der Waals surface area contributed by atoms with Gasteiger partial charge >= 0.3 is 0 Å². The van der Waals surface area contributed by atoms with Gasteiger partial charge in [0.1, 0.15) is 11.6 Å². The third kappa shape index (κ3) is 5.57. The topological polar surface area (TPSA) is 0 Å². The molecule has 0 aliphatic heterocycles. The zero-order valence-corrected chi connectivity index (χ0v) is 17.4. The Bertz CT molecular complexity index is 939. The number of aryl methyl sites for hydroxylation is 1. The summed E-state index contributed by atoms with van der Waals surface area (Å²) in [6.45, 7) is 4.99. The monoisotopic (exact) mass is 444 g/mol. The Morgan fingerprint density at radius 2 is 1.39 bits per heavy atom. The largest absolute Gasteiger partial charge is 0.281 e. The average molecular weight is 444 g/mol. The van der Waals surface area contributed by atoms with Crippen LogP contribution in [0.3, 0.4) is 0 Å². The van der Waals surface area contributed by atoms with Gasteiger partial charge in [-0.3, -0.25) is 0 Å². The Morgan fingerprint density at radius 1 is 0.871 bits per heavy atom. The van der Waals surface area contributed by atoms with E-state index in [4.69, 9.17) is 0 Å². The minimum Gasteiger partial charge on any atom is -0.206 e. The second-order valence-electron chi connectivity index (χ2n) is 7.35. The fourth-order valence-corrected chi connectivity index (χ4v) is 3.25. The van der Waals surface area contributed by atoms with Crippen LogP contribution in [0.4, 0.5) is 30.7 Å². The molecule has 1 aliphatic carbocycles. The van der Waals surface area contributed by atoms with Crippen LogP contribution in [0.15, 0.2) is 42.5 Å². The standard InChI is InChI=1S/C17H18F4.C7H5F3/c1-3-6-11(4-2)12-9-14(18)16(15(19)10-12)17(20,21)13-7-5-8-13;1-4-2-5(8)7(10)6(9)3-4/h3-4,6,9-10,13H,5,7-8H2,1-2H3;2-3H,1H3/b6-3-,11-4+;. The Balaban J connectivity index is 0.000000285. The molecule has 3 rings (SSSR count). The summed E-state index contributed by atoms with van der Waals surface area (Å²) in [4.78, 5) is 0. The van der Waals surface area contributed by atoms with Gasteiger partial charge in [0, 0.05) is 5.92 Å². The number of alkyl halides is 2. The van der Waals surface area contributed by atoms with E-state index in [0.29, 0.717) is 30.4 Å². The molecule has 0 saturated heterocycles. The predicted octanol–water partition coefficient (Wildman–Crippen LogP) is 8.25. The summed E-state index contributed by atoms with van der Waals surface area (Å²) in [5.41, 5.74) is 0.135. The Labute approximate surface area is 177 Å². The van der Waals surface area contributed by atoms with E-state index in [1.165, 1.54) is 6.92 Å². The highest BCUT2D eigenvalue weighted by Gasteiger charge is 2.48. The van der Waals surface area contributed by atoms with Gasteiger partial charge < -0.3 is 0 Å². The third-order valence-electron chi connectivity index (χ3n) is 5.11. The quantitative estimate of drug-likeness (QED) is 0.253. The smallest absolute Gasteiger partial charge is 0.206 e. The molecule has 0 bridgehead atoms. The Hall–Kier alpha value is -2.57. The van der Waals surface area contributed by atoms with Crippen LogP contribution < -0.4 is 0 Å². The highest BCUT2D eigenvalue weighted by Crippen LogP contribution is 2.48. The minimum atomic E-state index is -3.44. The second kappa shape index (κ2) is 10.2. The van der Waals surface area contributed by atoms with Gasteiger partial charge in [-0.2, -0.15) is 0 Å². The first-order valence-corrected chi connectivity index (χ1v) is 9.80. The molecular weight excluding hydrogens is 421 g/mol. The van der Waals surface area contributed by atoms with Crippen LogP contribution in [0.1, 0.15) is 49.8 Å². The lowest BCUT2D eigenvalue weighted by Crippen LogP contribution is -2.33. The van der Waals surface area contributed by atoms with Gasteiger partial charge in [0.15, 0.2) is 17.5 Å². The third-order valence-corrected chi connectivity index (χ3v) is 5.11. The summed E-state index contributed by atoms with van der Waals surface area (Å²) >= 11 is 0. The van der Waals surface area contributed by atoms with E-state index < -0.39 is 46.5 Å². The molecule has 1 fully saturated rings. The summed E-state index contributed by atoms with van der Waals surface area (Å²) in [6.07, 6.45) is 6.39. The van der Waals surface area contributed by atoms with E-state index in [9.17, 15) is 30.7 Å². The van der Waals surface area contributed by atoms with E-state index in [2.05, 4.69) is 0 Å². The highest BCUT2D eigenvalue weighted by molar-refractivity contribution is 5.74. The molecule has 0 atom stereocenters. The average Bonchev–Trinajstić information content (AvgIpc) is 2.61. The van der Waals surface area contributed by atoms with Gasteiger partial charge in [-0.25, -0.2) is 30.7 Å². The van der Waals surface area contributed by atoms with E-state index >= 15 is 0 Å². The predicted molar refractivity (Wildman–Crippen MR) is 107 cm³/mol. The molecule has 0 radical (unpaired) electrons. The summed E-state index contributed by atoms with van der Waals surface area (Å²) in [5, 5.41) is 0. The van der Waals surface area contributed by atoms with Crippen molar-refractivity contribution >= 4 is 5.57 Å². The van der Waals surface area contributed by atoms with Gasteiger partial charge in [0.05, 0.1) is 5.56 Å². The maximum absolute atomic E-state index is 14.2. The van der Waals surface area contributed by atoms with Crippen molar-refractivity contribution in [3.05, 3.63) is 88.3 Å². The molecular formula is C24H23F7. The lowest BCUT2D eigenvalue weighted by atomic mass is 9.77. The maximum Gasteiger partial charge on any atom is 0.281 e. The molecule has 0 amide bonds. The van der Waals surface area contributed by atoms with Crippen LogP contribution in [0.2, 0.25) is 0 Å². The zero-order valence-electron chi connectivity index (χ0n) is 17.4. The number of halogens is 7. The molecule has 2 aromatic carbocycles. The number of benzene rings is 2. The van der Waals surface area contributed by atoms with Crippen LogP contribution >= 0.6 is 0 Å². The maximum atomic E-state index is 14.2.